The maximum Gasteiger partial charge on any atom is 0.193 e. The average molecular weight is 226 g/mol. The Morgan fingerprint density at radius 1 is 1.21 bits per heavy atom. The van der Waals surface area contributed by atoms with Crippen molar-refractivity contribution < 1.29 is 4.79 Å². The van der Waals surface area contributed by atoms with Crippen LogP contribution < -0.4 is 0 Å². The van der Waals surface area contributed by atoms with Crippen LogP contribution in [-0.2, 0) is 4.79 Å². The van der Waals surface area contributed by atoms with E-state index in [4.69, 9.17) is 0 Å². The predicted octanol–water partition coefficient (Wildman–Crippen LogP) is 3.83. The largest absolute Gasteiger partial charge is 0.287 e. The lowest BCUT2D eigenvalue weighted by molar-refractivity contribution is -0.111. The molecule has 1 aromatic rings. The van der Waals surface area contributed by atoms with E-state index in [9.17, 15) is 4.79 Å². The van der Waals surface area contributed by atoms with Crippen molar-refractivity contribution in [2.45, 2.75) is 29.6 Å². The fraction of sp³-hybridized carbons (Fsp3) is 0.364. The first-order chi connectivity index (χ1) is 6.76. The molecule has 0 unspecified atom stereocenters. The van der Waals surface area contributed by atoms with Gasteiger partial charge in [-0.15, -0.1) is 11.8 Å². The van der Waals surface area contributed by atoms with Crippen molar-refractivity contribution in [3.63, 3.8) is 0 Å². The summed E-state index contributed by atoms with van der Waals surface area (Å²) in [4.78, 5) is 13.6. The highest BCUT2D eigenvalue weighted by Crippen LogP contribution is 2.23. The van der Waals surface area contributed by atoms with Gasteiger partial charge in [0.2, 0.25) is 0 Å². The minimum atomic E-state index is 0.254. The van der Waals surface area contributed by atoms with Gasteiger partial charge in [-0.25, -0.2) is 0 Å². The Labute approximate surface area is 93.7 Å². The summed E-state index contributed by atoms with van der Waals surface area (Å²) in [6.07, 6.45) is 3.63. The third kappa shape index (κ3) is 3.76. The van der Waals surface area contributed by atoms with E-state index < -0.39 is 0 Å². The quantitative estimate of drug-likeness (QED) is 0.726. The average Bonchev–Trinajstić information content (AvgIpc) is 2.19. The number of hydrogen-bond donors (Lipinski definition) is 0. The van der Waals surface area contributed by atoms with E-state index in [2.05, 4.69) is 0 Å². The van der Waals surface area contributed by atoms with Gasteiger partial charge >= 0.3 is 0 Å². The molecular formula is C11H14OS2. The summed E-state index contributed by atoms with van der Waals surface area (Å²) in [6.45, 7) is 2.02. The molecule has 0 aliphatic carbocycles. The van der Waals surface area contributed by atoms with Gasteiger partial charge in [-0.1, -0.05) is 18.7 Å². The molecule has 0 heterocycles. The van der Waals surface area contributed by atoms with Crippen molar-refractivity contribution in [3.05, 3.63) is 24.3 Å². The molecule has 0 aliphatic heterocycles. The highest BCUT2D eigenvalue weighted by atomic mass is 32.2. The Bertz CT molecular complexity index is 293. The van der Waals surface area contributed by atoms with Gasteiger partial charge in [0.15, 0.2) is 5.12 Å². The molecule has 1 nitrogen and oxygen atoms in total. The van der Waals surface area contributed by atoms with E-state index in [1.54, 1.807) is 11.8 Å². The first-order valence-electron chi connectivity index (χ1n) is 4.61. The SMILES string of the molecule is CCCC(=O)Sc1ccc(SC)cc1. The van der Waals surface area contributed by atoms with Crippen LogP contribution in [0.1, 0.15) is 19.8 Å². The zero-order valence-electron chi connectivity index (χ0n) is 8.45. The topological polar surface area (TPSA) is 17.1 Å². The Balaban J connectivity index is 2.55. The third-order valence-electron chi connectivity index (χ3n) is 1.75. The standard InChI is InChI=1S/C11H14OS2/c1-3-4-11(12)14-10-7-5-9(13-2)6-8-10/h5-8H,3-4H2,1-2H3. The minimum Gasteiger partial charge on any atom is -0.287 e. The minimum absolute atomic E-state index is 0.254. The number of hydrogen-bond acceptors (Lipinski definition) is 3. The van der Waals surface area contributed by atoms with Crippen molar-refractivity contribution in [2.24, 2.45) is 0 Å². The van der Waals surface area contributed by atoms with Crippen LogP contribution >= 0.6 is 23.5 Å². The maximum atomic E-state index is 11.3. The van der Waals surface area contributed by atoms with Gasteiger partial charge in [-0.3, -0.25) is 4.79 Å². The van der Waals surface area contributed by atoms with Crippen LogP contribution in [0, 0.1) is 0 Å². The first-order valence-corrected chi connectivity index (χ1v) is 6.65. The third-order valence-corrected chi connectivity index (χ3v) is 3.43. The monoisotopic (exact) mass is 226 g/mol. The summed E-state index contributed by atoms with van der Waals surface area (Å²) in [6, 6.07) is 8.10. The summed E-state index contributed by atoms with van der Waals surface area (Å²) >= 11 is 3.05. The molecule has 3 heteroatoms. The highest BCUT2D eigenvalue weighted by molar-refractivity contribution is 8.13. The molecule has 0 spiro atoms. The molecule has 1 rings (SSSR count). The summed E-state index contributed by atoms with van der Waals surface area (Å²) in [7, 11) is 0. The van der Waals surface area contributed by atoms with Gasteiger partial charge in [0.05, 0.1) is 0 Å². The fourth-order valence-electron chi connectivity index (χ4n) is 1.03. The summed E-state index contributed by atoms with van der Waals surface area (Å²) in [5, 5.41) is 0.254. The number of carbonyl (C=O) groups excluding carboxylic acids is 1. The van der Waals surface area contributed by atoms with Crippen molar-refractivity contribution in [1.29, 1.82) is 0 Å². The van der Waals surface area contributed by atoms with Crippen molar-refractivity contribution in [3.8, 4) is 0 Å². The second-order valence-corrected chi connectivity index (χ2v) is 4.91. The molecule has 0 bridgehead atoms. The lowest BCUT2D eigenvalue weighted by Gasteiger charge is -2.00. The number of benzene rings is 1. The Hall–Kier alpha value is -0.410. The molecule has 14 heavy (non-hydrogen) atoms. The van der Waals surface area contributed by atoms with E-state index in [-0.39, 0.29) is 5.12 Å². The van der Waals surface area contributed by atoms with Crippen LogP contribution in [0.3, 0.4) is 0 Å². The smallest absolute Gasteiger partial charge is 0.193 e. The van der Waals surface area contributed by atoms with Crippen LogP contribution in [0.25, 0.3) is 0 Å². The number of rotatable bonds is 4. The molecule has 0 radical (unpaired) electrons. The number of thioether (sulfide) groups is 2. The summed E-state index contributed by atoms with van der Waals surface area (Å²) in [5.74, 6) is 0. The first kappa shape index (κ1) is 11.7. The van der Waals surface area contributed by atoms with Crippen molar-refractivity contribution in [1.82, 2.24) is 0 Å². The maximum absolute atomic E-state index is 11.3. The van der Waals surface area contributed by atoms with Crippen molar-refractivity contribution in [2.75, 3.05) is 6.26 Å². The normalized spacial score (nSPS) is 10.1. The van der Waals surface area contributed by atoms with E-state index in [1.165, 1.54) is 16.7 Å². The van der Waals surface area contributed by atoms with E-state index in [1.807, 2.05) is 37.4 Å². The molecule has 0 amide bonds. The molecular weight excluding hydrogens is 212 g/mol. The Morgan fingerprint density at radius 3 is 2.29 bits per heavy atom. The van der Waals surface area contributed by atoms with E-state index >= 15 is 0 Å². The number of carbonyl (C=O) groups is 1. The Morgan fingerprint density at radius 2 is 1.79 bits per heavy atom. The molecule has 0 N–H and O–H groups in total. The van der Waals surface area contributed by atoms with Crippen LogP contribution in [0.4, 0.5) is 0 Å². The molecule has 0 saturated heterocycles. The lowest BCUT2D eigenvalue weighted by Crippen LogP contribution is -1.88. The fourth-order valence-corrected chi connectivity index (χ4v) is 2.28. The Kier molecular flexibility index (Phi) is 5.12. The lowest BCUT2D eigenvalue weighted by atomic mass is 10.4. The van der Waals surface area contributed by atoms with Crippen LogP contribution in [0.5, 0.6) is 0 Å². The van der Waals surface area contributed by atoms with Gasteiger partial charge in [0.25, 0.3) is 0 Å². The van der Waals surface area contributed by atoms with Gasteiger partial charge in [0, 0.05) is 16.2 Å². The van der Waals surface area contributed by atoms with Gasteiger partial charge in [-0.2, -0.15) is 0 Å². The molecule has 1 aromatic carbocycles. The molecule has 0 aromatic heterocycles. The van der Waals surface area contributed by atoms with E-state index in [0.29, 0.717) is 6.42 Å². The van der Waals surface area contributed by atoms with Gasteiger partial charge in [-0.05, 0) is 36.9 Å². The second kappa shape index (κ2) is 6.14. The summed E-state index contributed by atoms with van der Waals surface area (Å²) in [5.41, 5.74) is 0. The van der Waals surface area contributed by atoms with E-state index in [0.717, 1.165) is 11.3 Å². The second-order valence-electron chi connectivity index (χ2n) is 2.90. The van der Waals surface area contributed by atoms with Crippen molar-refractivity contribution >= 4 is 28.6 Å². The zero-order valence-corrected chi connectivity index (χ0v) is 10.1. The van der Waals surface area contributed by atoms with Crippen LogP contribution in [-0.4, -0.2) is 11.4 Å². The molecule has 0 atom stereocenters. The highest BCUT2D eigenvalue weighted by Gasteiger charge is 2.02. The molecule has 0 fully saturated rings. The summed E-state index contributed by atoms with van der Waals surface area (Å²) < 4.78 is 0. The molecule has 76 valence electrons. The predicted molar refractivity (Wildman–Crippen MR) is 64.0 cm³/mol. The van der Waals surface area contributed by atoms with Crippen LogP contribution in [0.2, 0.25) is 0 Å². The van der Waals surface area contributed by atoms with Gasteiger partial charge in [0.1, 0.15) is 0 Å². The van der Waals surface area contributed by atoms with Crippen LogP contribution in [0.15, 0.2) is 34.1 Å². The van der Waals surface area contributed by atoms with Gasteiger partial charge < -0.3 is 0 Å². The molecule has 0 saturated carbocycles. The molecule has 0 aliphatic rings. The zero-order chi connectivity index (χ0) is 10.4.